The minimum atomic E-state index is -0.841. The molecule has 0 aliphatic heterocycles. The third-order valence-corrected chi connectivity index (χ3v) is 4.32. The molecule has 0 aliphatic carbocycles. The number of fused-ring (bicyclic) bond motifs is 1. The van der Waals surface area contributed by atoms with E-state index in [9.17, 15) is 19.8 Å². The highest BCUT2D eigenvalue weighted by Gasteiger charge is 2.27. The van der Waals surface area contributed by atoms with Crippen molar-refractivity contribution in [2.75, 3.05) is 14.2 Å². The quantitative estimate of drug-likeness (QED) is 0.665. The predicted octanol–water partition coefficient (Wildman–Crippen LogP) is 2.91. The largest absolute Gasteiger partial charge is 0.504 e. The first-order valence-corrected chi connectivity index (χ1v) is 8.14. The highest BCUT2D eigenvalue weighted by molar-refractivity contribution is 5.78. The summed E-state index contributed by atoms with van der Waals surface area (Å²) in [6, 6.07) is 11.0. The molecule has 0 fully saturated rings. The van der Waals surface area contributed by atoms with Gasteiger partial charge in [-0.1, -0.05) is 18.2 Å². The number of para-hydroxylation sites is 1. The van der Waals surface area contributed by atoms with Gasteiger partial charge < -0.3 is 24.1 Å². The van der Waals surface area contributed by atoms with Gasteiger partial charge in [-0.15, -0.1) is 0 Å². The fourth-order valence-corrected chi connectivity index (χ4v) is 2.92. The van der Waals surface area contributed by atoms with Gasteiger partial charge in [0.15, 0.2) is 17.3 Å². The summed E-state index contributed by atoms with van der Waals surface area (Å²) in [4.78, 5) is 24.4. The molecule has 7 nitrogen and oxygen atoms in total. The van der Waals surface area contributed by atoms with E-state index in [4.69, 9.17) is 13.9 Å². The van der Waals surface area contributed by atoms with E-state index in [0.717, 1.165) is 0 Å². The van der Waals surface area contributed by atoms with Crippen molar-refractivity contribution in [2.24, 2.45) is 0 Å². The van der Waals surface area contributed by atoms with Crippen LogP contribution in [0.4, 0.5) is 0 Å². The van der Waals surface area contributed by atoms with Crippen LogP contribution in [-0.4, -0.2) is 30.4 Å². The molecule has 0 saturated heterocycles. The minimum Gasteiger partial charge on any atom is -0.504 e. The van der Waals surface area contributed by atoms with E-state index < -0.39 is 23.1 Å². The first kappa shape index (κ1) is 18.3. The first-order chi connectivity index (χ1) is 13.0. The van der Waals surface area contributed by atoms with Crippen LogP contribution in [0, 0.1) is 0 Å². The molecule has 140 valence electrons. The average Bonchev–Trinajstić information content (AvgIpc) is 2.68. The molecule has 0 aliphatic rings. The molecule has 3 aromatic rings. The lowest BCUT2D eigenvalue weighted by Gasteiger charge is -2.18. The minimum absolute atomic E-state index is 0.0753. The summed E-state index contributed by atoms with van der Waals surface area (Å²) < 4.78 is 15.5. The third kappa shape index (κ3) is 3.44. The van der Waals surface area contributed by atoms with E-state index >= 15 is 0 Å². The van der Waals surface area contributed by atoms with Crippen molar-refractivity contribution < 1.29 is 28.9 Å². The molecule has 1 aromatic heterocycles. The van der Waals surface area contributed by atoms with Crippen molar-refractivity contribution in [2.45, 2.75) is 12.3 Å². The second kappa shape index (κ2) is 7.41. The van der Waals surface area contributed by atoms with Crippen LogP contribution >= 0.6 is 0 Å². The zero-order chi connectivity index (χ0) is 19.6. The number of carbonyl (C=O) groups excluding carboxylic acids is 1. The Balaban J connectivity index is 2.21. The van der Waals surface area contributed by atoms with Crippen LogP contribution in [0.1, 0.15) is 23.7 Å². The molecule has 1 atom stereocenters. The summed E-state index contributed by atoms with van der Waals surface area (Å²) in [6.07, 6.45) is -0.197. The number of rotatable bonds is 5. The summed E-state index contributed by atoms with van der Waals surface area (Å²) in [5, 5.41) is 20.7. The van der Waals surface area contributed by atoms with Gasteiger partial charge in [0.2, 0.25) is 11.2 Å². The number of phenolic OH excluding ortho intramolecular Hbond substituents is 1. The zero-order valence-corrected chi connectivity index (χ0v) is 14.8. The van der Waals surface area contributed by atoms with E-state index in [0.29, 0.717) is 5.56 Å². The lowest BCUT2D eigenvalue weighted by atomic mass is 9.91. The lowest BCUT2D eigenvalue weighted by molar-refractivity contribution is -0.140. The zero-order valence-electron chi connectivity index (χ0n) is 14.8. The van der Waals surface area contributed by atoms with Gasteiger partial charge in [-0.3, -0.25) is 9.59 Å². The topological polar surface area (TPSA) is 106 Å². The Morgan fingerprint density at radius 3 is 2.56 bits per heavy atom. The molecule has 27 heavy (non-hydrogen) atoms. The van der Waals surface area contributed by atoms with Gasteiger partial charge in [0, 0.05) is 0 Å². The van der Waals surface area contributed by atoms with Crippen molar-refractivity contribution in [3.63, 3.8) is 0 Å². The molecule has 2 N–H and O–H groups in total. The first-order valence-electron chi connectivity index (χ1n) is 8.14. The Hall–Kier alpha value is -3.48. The summed E-state index contributed by atoms with van der Waals surface area (Å²) in [5.74, 6) is -1.96. The molecular formula is C20H18O7. The molecular weight excluding hydrogens is 352 g/mol. The fourth-order valence-electron chi connectivity index (χ4n) is 2.92. The van der Waals surface area contributed by atoms with Gasteiger partial charge in [0.25, 0.3) is 0 Å². The Bertz CT molecular complexity index is 1050. The Morgan fingerprint density at radius 2 is 1.89 bits per heavy atom. The van der Waals surface area contributed by atoms with Crippen molar-refractivity contribution in [1.29, 1.82) is 0 Å². The molecule has 0 spiro atoms. The van der Waals surface area contributed by atoms with Gasteiger partial charge in [-0.2, -0.15) is 0 Å². The molecule has 7 heteroatoms. The second-order valence-corrected chi connectivity index (χ2v) is 5.90. The van der Waals surface area contributed by atoms with E-state index in [1.165, 1.54) is 26.4 Å². The van der Waals surface area contributed by atoms with Gasteiger partial charge >= 0.3 is 5.97 Å². The van der Waals surface area contributed by atoms with Gasteiger partial charge in [-0.25, -0.2) is 0 Å². The SMILES string of the molecule is COC(=O)CC(c1ccc(OC)c(O)c1)c1oc2ccccc2c(=O)c1O. The highest BCUT2D eigenvalue weighted by Crippen LogP contribution is 2.38. The summed E-state index contributed by atoms with van der Waals surface area (Å²) in [6.45, 7) is 0. The summed E-state index contributed by atoms with van der Waals surface area (Å²) in [5.41, 5.74) is 0.134. The normalized spacial score (nSPS) is 11.9. The Kier molecular flexibility index (Phi) is 5.03. The van der Waals surface area contributed by atoms with Gasteiger partial charge in [-0.05, 0) is 29.8 Å². The average molecular weight is 370 g/mol. The molecule has 0 amide bonds. The van der Waals surface area contributed by atoms with Crippen LogP contribution in [-0.2, 0) is 9.53 Å². The number of phenols is 1. The predicted molar refractivity (Wildman–Crippen MR) is 97.3 cm³/mol. The lowest BCUT2D eigenvalue weighted by Crippen LogP contribution is -2.13. The van der Waals surface area contributed by atoms with Crippen LogP contribution in [0.25, 0.3) is 11.0 Å². The number of esters is 1. The van der Waals surface area contributed by atoms with Crippen molar-refractivity contribution in [1.82, 2.24) is 0 Å². The van der Waals surface area contributed by atoms with Crippen molar-refractivity contribution in [3.8, 4) is 17.2 Å². The molecule has 1 unspecified atom stereocenters. The number of ether oxygens (including phenoxy) is 2. The van der Waals surface area contributed by atoms with Crippen molar-refractivity contribution >= 4 is 16.9 Å². The van der Waals surface area contributed by atoms with Crippen LogP contribution in [0.5, 0.6) is 17.2 Å². The monoisotopic (exact) mass is 370 g/mol. The summed E-state index contributed by atoms with van der Waals surface area (Å²) >= 11 is 0. The number of hydrogen-bond acceptors (Lipinski definition) is 7. The molecule has 0 bridgehead atoms. The Morgan fingerprint density at radius 1 is 1.15 bits per heavy atom. The number of methoxy groups -OCH3 is 2. The van der Waals surface area contributed by atoms with Crippen LogP contribution in [0.2, 0.25) is 0 Å². The third-order valence-electron chi connectivity index (χ3n) is 4.32. The van der Waals surface area contributed by atoms with Crippen LogP contribution < -0.4 is 10.2 Å². The van der Waals surface area contributed by atoms with E-state index in [1.807, 2.05) is 0 Å². The van der Waals surface area contributed by atoms with Crippen LogP contribution in [0.15, 0.2) is 51.7 Å². The molecule has 0 radical (unpaired) electrons. The molecule has 2 aromatic carbocycles. The maximum Gasteiger partial charge on any atom is 0.306 e. The van der Waals surface area contributed by atoms with Crippen LogP contribution in [0.3, 0.4) is 0 Å². The molecule has 0 saturated carbocycles. The maximum absolute atomic E-state index is 12.5. The fraction of sp³-hybridized carbons (Fsp3) is 0.200. The highest BCUT2D eigenvalue weighted by atomic mass is 16.5. The van der Waals surface area contributed by atoms with E-state index in [-0.39, 0.29) is 34.6 Å². The van der Waals surface area contributed by atoms with E-state index in [1.54, 1.807) is 30.3 Å². The number of benzene rings is 2. The van der Waals surface area contributed by atoms with Gasteiger partial charge in [0.05, 0.1) is 31.9 Å². The van der Waals surface area contributed by atoms with Crippen molar-refractivity contribution in [3.05, 3.63) is 64.0 Å². The second-order valence-electron chi connectivity index (χ2n) is 5.90. The van der Waals surface area contributed by atoms with E-state index in [2.05, 4.69) is 0 Å². The maximum atomic E-state index is 12.5. The standard InChI is InChI=1S/C20H18O7/c1-25-16-8-7-11(9-14(16)21)13(10-17(22)26-2)20-19(24)18(23)12-5-3-4-6-15(12)27-20/h3-9,13,21,24H,10H2,1-2H3. The number of hydrogen-bond donors (Lipinski definition) is 2. The number of carbonyl (C=O) groups is 1. The number of aromatic hydroxyl groups is 2. The molecule has 3 rings (SSSR count). The van der Waals surface area contributed by atoms with Gasteiger partial charge in [0.1, 0.15) is 5.58 Å². The smallest absolute Gasteiger partial charge is 0.306 e. The molecule has 1 heterocycles. The Labute approximate surface area is 154 Å². The summed E-state index contributed by atoms with van der Waals surface area (Å²) in [7, 11) is 2.65.